The molecule has 1 aliphatic rings. The average molecular weight is 446 g/mol. The van der Waals surface area contributed by atoms with Gasteiger partial charge in [0.15, 0.2) is 0 Å². The van der Waals surface area contributed by atoms with E-state index in [1.807, 2.05) is 20.0 Å². The summed E-state index contributed by atoms with van der Waals surface area (Å²) in [6.45, 7) is 4.36. The predicted molar refractivity (Wildman–Crippen MR) is 125 cm³/mol. The molecule has 0 aromatic carbocycles. The second-order valence-corrected chi connectivity index (χ2v) is 8.52. The van der Waals surface area contributed by atoms with Crippen molar-refractivity contribution in [2.45, 2.75) is 45.6 Å². The smallest absolute Gasteiger partial charge is 0.272 e. The predicted octanol–water partition coefficient (Wildman–Crippen LogP) is 3.27. The minimum absolute atomic E-state index is 0.0227. The average Bonchev–Trinajstić information content (AvgIpc) is 3.27. The van der Waals surface area contributed by atoms with Gasteiger partial charge in [0.1, 0.15) is 17.0 Å². The summed E-state index contributed by atoms with van der Waals surface area (Å²) in [4.78, 5) is 35.7. The molecule has 0 spiro atoms. The molecule has 4 aromatic rings. The molecule has 4 aromatic heterocycles. The molecular formula is C24H27N7O2. The van der Waals surface area contributed by atoms with Crippen molar-refractivity contribution in [1.82, 2.24) is 29.0 Å². The lowest BCUT2D eigenvalue weighted by Crippen LogP contribution is -2.32. The van der Waals surface area contributed by atoms with E-state index in [9.17, 15) is 9.59 Å². The first-order chi connectivity index (χ1) is 16.1. The van der Waals surface area contributed by atoms with E-state index < -0.39 is 5.91 Å². The number of imidazole rings is 1. The highest BCUT2D eigenvalue weighted by Gasteiger charge is 2.22. The van der Waals surface area contributed by atoms with Crippen molar-refractivity contribution >= 4 is 28.4 Å². The van der Waals surface area contributed by atoms with E-state index in [-0.39, 0.29) is 5.91 Å². The molecule has 1 fully saturated rings. The topological polar surface area (TPSA) is 111 Å². The fraction of sp³-hybridized carbons (Fsp3) is 0.375. The zero-order valence-electron chi connectivity index (χ0n) is 18.7. The first-order valence-electron chi connectivity index (χ1n) is 11.5. The summed E-state index contributed by atoms with van der Waals surface area (Å²) in [5.74, 6) is -0.526. The van der Waals surface area contributed by atoms with Crippen molar-refractivity contribution in [2.24, 2.45) is 5.73 Å². The van der Waals surface area contributed by atoms with Gasteiger partial charge in [0.2, 0.25) is 5.91 Å². The fourth-order valence-electron chi connectivity index (χ4n) is 4.49. The number of rotatable bonds is 5. The van der Waals surface area contributed by atoms with Gasteiger partial charge in [0.25, 0.3) is 5.91 Å². The third-order valence-corrected chi connectivity index (χ3v) is 6.22. The number of likely N-dealkylation sites (tertiary alicyclic amines) is 1. The molecular weight excluding hydrogens is 418 g/mol. The first-order valence-corrected chi connectivity index (χ1v) is 11.5. The van der Waals surface area contributed by atoms with Crippen LogP contribution in [0, 0.1) is 0 Å². The highest BCUT2D eigenvalue weighted by atomic mass is 16.2. The Kier molecular flexibility index (Phi) is 5.53. The van der Waals surface area contributed by atoms with E-state index in [4.69, 9.17) is 10.8 Å². The zero-order chi connectivity index (χ0) is 22.9. The van der Waals surface area contributed by atoms with Crippen LogP contribution in [0.1, 0.15) is 59.9 Å². The standard InChI is InChI=1S/C24H27N7O2/c1-2-9-31-19-12-18(24(33)29-10-5-3-4-6-11-29)26-13-17(19)22(28-31)20-14-27-21-8-7-16(23(25)32)15-30(20)21/h7-8,12-15H,2-6,9-11H2,1H3,(H2,25,32). The van der Waals surface area contributed by atoms with E-state index in [0.717, 1.165) is 48.9 Å². The largest absolute Gasteiger partial charge is 0.366 e. The quantitative estimate of drug-likeness (QED) is 0.507. The van der Waals surface area contributed by atoms with Gasteiger partial charge in [-0.25, -0.2) is 4.98 Å². The van der Waals surface area contributed by atoms with E-state index in [1.165, 1.54) is 12.8 Å². The van der Waals surface area contributed by atoms with Gasteiger partial charge in [-0.15, -0.1) is 0 Å². The van der Waals surface area contributed by atoms with Crippen LogP contribution >= 0.6 is 0 Å². The molecule has 1 saturated heterocycles. The van der Waals surface area contributed by atoms with Crippen molar-refractivity contribution in [1.29, 1.82) is 0 Å². The third kappa shape index (κ3) is 3.83. The lowest BCUT2D eigenvalue weighted by atomic mass is 10.2. The number of aromatic nitrogens is 5. The molecule has 170 valence electrons. The summed E-state index contributed by atoms with van der Waals surface area (Å²) in [5.41, 5.74) is 9.30. The number of pyridine rings is 2. The summed E-state index contributed by atoms with van der Waals surface area (Å²) in [6, 6.07) is 5.27. The monoisotopic (exact) mass is 445 g/mol. The molecule has 33 heavy (non-hydrogen) atoms. The number of aryl methyl sites for hydroxylation is 1. The van der Waals surface area contributed by atoms with Crippen LogP contribution in [-0.2, 0) is 6.54 Å². The lowest BCUT2D eigenvalue weighted by Gasteiger charge is -2.19. The second kappa shape index (κ2) is 8.65. The molecule has 0 atom stereocenters. The Bertz CT molecular complexity index is 1350. The van der Waals surface area contributed by atoms with Gasteiger partial charge in [-0.1, -0.05) is 19.8 Å². The fourth-order valence-corrected chi connectivity index (χ4v) is 4.49. The molecule has 9 nitrogen and oxygen atoms in total. The minimum Gasteiger partial charge on any atom is -0.366 e. The highest BCUT2D eigenvalue weighted by molar-refractivity contribution is 5.99. The number of amides is 2. The normalized spacial score (nSPS) is 14.6. The van der Waals surface area contributed by atoms with Gasteiger partial charge < -0.3 is 10.6 Å². The summed E-state index contributed by atoms with van der Waals surface area (Å²) in [5, 5.41) is 5.68. The lowest BCUT2D eigenvalue weighted by molar-refractivity contribution is 0.0755. The Hall–Kier alpha value is -3.75. The van der Waals surface area contributed by atoms with Crippen LogP contribution in [0.3, 0.4) is 0 Å². The Morgan fingerprint density at radius 3 is 2.58 bits per heavy atom. The Morgan fingerprint density at radius 1 is 1.06 bits per heavy atom. The van der Waals surface area contributed by atoms with E-state index in [2.05, 4.69) is 16.9 Å². The summed E-state index contributed by atoms with van der Waals surface area (Å²) in [7, 11) is 0. The molecule has 1 aliphatic heterocycles. The van der Waals surface area contributed by atoms with E-state index in [1.54, 1.807) is 30.7 Å². The summed E-state index contributed by atoms with van der Waals surface area (Å²) in [6.07, 6.45) is 10.4. The van der Waals surface area contributed by atoms with Crippen LogP contribution in [0.5, 0.6) is 0 Å². The number of carbonyl (C=O) groups excluding carboxylic acids is 2. The van der Waals surface area contributed by atoms with E-state index >= 15 is 0 Å². The van der Waals surface area contributed by atoms with Crippen molar-refractivity contribution in [2.75, 3.05) is 13.1 Å². The number of nitrogens with two attached hydrogens (primary N) is 1. The Balaban J connectivity index is 1.61. The number of primary amides is 1. The third-order valence-electron chi connectivity index (χ3n) is 6.22. The molecule has 2 amide bonds. The van der Waals surface area contributed by atoms with Gasteiger partial charge in [0.05, 0.1) is 23.0 Å². The molecule has 0 bridgehead atoms. The molecule has 0 radical (unpaired) electrons. The molecule has 0 unspecified atom stereocenters. The Morgan fingerprint density at radius 2 is 1.85 bits per heavy atom. The van der Waals surface area contributed by atoms with Crippen LogP contribution < -0.4 is 5.73 Å². The molecule has 5 heterocycles. The van der Waals surface area contributed by atoms with Gasteiger partial charge in [-0.05, 0) is 37.5 Å². The highest BCUT2D eigenvalue weighted by Crippen LogP contribution is 2.29. The number of fused-ring (bicyclic) bond motifs is 2. The van der Waals surface area contributed by atoms with Crippen LogP contribution in [0.2, 0.25) is 0 Å². The number of hydrogen-bond acceptors (Lipinski definition) is 5. The van der Waals surface area contributed by atoms with Crippen LogP contribution in [-0.4, -0.2) is 54.0 Å². The summed E-state index contributed by atoms with van der Waals surface area (Å²) < 4.78 is 3.73. The molecule has 2 N–H and O–H groups in total. The SMILES string of the molecule is CCCn1nc(-c2cnc3ccc(C(N)=O)cn23)c2cnc(C(=O)N3CCCCCC3)cc21. The number of carbonyl (C=O) groups is 2. The number of nitrogens with zero attached hydrogens (tertiary/aromatic N) is 6. The minimum atomic E-state index is -0.503. The molecule has 9 heteroatoms. The van der Waals surface area contributed by atoms with Crippen LogP contribution in [0.4, 0.5) is 0 Å². The van der Waals surface area contributed by atoms with Gasteiger partial charge in [-0.2, -0.15) is 5.10 Å². The zero-order valence-corrected chi connectivity index (χ0v) is 18.7. The summed E-state index contributed by atoms with van der Waals surface area (Å²) >= 11 is 0. The maximum Gasteiger partial charge on any atom is 0.272 e. The Labute approximate surface area is 191 Å². The first kappa shape index (κ1) is 21.1. The van der Waals surface area contributed by atoms with Gasteiger partial charge in [-0.3, -0.25) is 23.7 Å². The van der Waals surface area contributed by atoms with E-state index in [0.29, 0.717) is 29.1 Å². The molecule has 0 aliphatic carbocycles. The van der Waals surface area contributed by atoms with Crippen LogP contribution in [0.25, 0.3) is 27.9 Å². The van der Waals surface area contributed by atoms with Crippen molar-refractivity contribution < 1.29 is 9.59 Å². The molecule has 5 rings (SSSR count). The van der Waals surface area contributed by atoms with Gasteiger partial charge >= 0.3 is 0 Å². The second-order valence-electron chi connectivity index (χ2n) is 8.52. The van der Waals surface area contributed by atoms with Crippen molar-refractivity contribution in [3.05, 3.63) is 48.0 Å². The van der Waals surface area contributed by atoms with Crippen LogP contribution in [0.15, 0.2) is 36.8 Å². The number of hydrogen-bond donors (Lipinski definition) is 1. The molecule has 0 saturated carbocycles. The maximum absolute atomic E-state index is 13.2. The van der Waals surface area contributed by atoms with Crippen molar-refractivity contribution in [3.63, 3.8) is 0 Å². The maximum atomic E-state index is 13.2. The van der Waals surface area contributed by atoms with Crippen molar-refractivity contribution in [3.8, 4) is 11.4 Å². The van der Waals surface area contributed by atoms with Gasteiger partial charge in [0, 0.05) is 37.4 Å².